The SMILES string of the molecule is C=Cc1ccc(COCc2ccc(C=C)c(C=C)c2C=C)c(C=C)c1C=C. The van der Waals surface area contributed by atoms with Gasteiger partial charge in [0.05, 0.1) is 13.2 Å². The number of benzene rings is 2. The van der Waals surface area contributed by atoms with Crippen molar-refractivity contribution in [2.45, 2.75) is 13.2 Å². The molecule has 2 rings (SSSR count). The quantitative estimate of drug-likeness (QED) is 0.436. The summed E-state index contributed by atoms with van der Waals surface area (Å²) in [7, 11) is 0. The van der Waals surface area contributed by atoms with Crippen LogP contribution in [-0.4, -0.2) is 0 Å². The van der Waals surface area contributed by atoms with Crippen molar-refractivity contribution in [3.63, 3.8) is 0 Å². The van der Waals surface area contributed by atoms with Gasteiger partial charge in [0.2, 0.25) is 0 Å². The Bertz CT molecular complexity index is 837. The third kappa shape index (κ3) is 4.16. The van der Waals surface area contributed by atoms with Crippen LogP contribution in [0.4, 0.5) is 0 Å². The summed E-state index contributed by atoms with van der Waals surface area (Å²) in [5.41, 5.74) is 8.31. The highest BCUT2D eigenvalue weighted by Crippen LogP contribution is 2.26. The predicted molar refractivity (Wildman–Crippen MR) is 122 cm³/mol. The predicted octanol–water partition coefficient (Wildman–Crippen LogP) is 7.26. The molecule has 0 N–H and O–H groups in total. The first-order valence-electron chi connectivity index (χ1n) is 8.79. The molecule has 1 heteroatoms. The first-order valence-corrected chi connectivity index (χ1v) is 8.79. The fourth-order valence-electron chi connectivity index (χ4n) is 3.21. The van der Waals surface area contributed by atoms with Gasteiger partial charge >= 0.3 is 0 Å². The van der Waals surface area contributed by atoms with Crippen LogP contribution in [0.15, 0.2) is 63.7 Å². The normalized spacial score (nSPS) is 10.1. The average molecular weight is 354 g/mol. The zero-order chi connectivity index (χ0) is 19.8. The first kappa shape index (κ1) is 20.2. The van der Waals surface area contributed by atoms with Crippen LogP contribution in [0.2, 0.25) is 0 Å². The smallest absolute Gasteiger partial charge is 0.0727 e. The lowest BCUT2D eigenvalue weighted by Crippen LogP contribution is -2.01. The Morgan fingerprint density at radius 2 is 0.889 bits per heavy atom. The van der Waals surface area contributed by atoms with Gasteiger partial charge in [-0.05, 0) is 44.5 Å². The van der Waals surface area contributed by atoms with E-state index in [1.54, 1.807) is 0 Å². The van der Waals surface area contributed by atoms with Crippen molar-refractivity contribution in [3.05, 3.63) is 108 Å². The first-order chi connectivity index (χ1) is 13.1. The van der Waals surface area contributed by atoms with Crippen molar-refractivity contribution in [2.24, 2.45) is 0 Å². The summed E-state index contributed by atoms with van der Waals surface area (Å²) in [5.74, 6) is 0. The van der Waals surface area contributed by atoms with Gasteiger partial charge in [-0.2, -0.15) is 0 Å². The van der Waals surface area contributed by atoms with Crippen molar-refractivity contribution >= 4 is 36.5 Å². The van der Waals surface area contributed by atoms with E-state index in [1.165, 1.54) is 0 Å². The van der Waals surface area contributed by atoms with E-state index in [2.05, 4.69) is 39.5 Å². The summed E-state index contributed by atoms with van der Waals surface area (Å²) < 4.78 is 6.02. The maximum absolute atomic E-state index is 6.02. The van der Waals surface area contributed by atoms with Crippen LogP contribution in [0.3, 0.4) is 0 Å². The molecule has 0 aliphatic heterocycles. The Hall–Kier alpha value is -3.16. The van der Waals surface area contributed by atoms with Crippen LogP contribution in [0.25, 0.3) is 36.5 Å². The Kier molecular flexibility index (Phi) is 7.10. The van der Waals surface area contributed by atoms with Gasteiger partial charge in [-0.1, -0.05) is 100 Å². The van der Waals surface area contributed by atoms with Gasteiger partial charge in [-0.3, -0.25) is 0 Å². The fourth-order valence-corrected chi connectivity index (χ4v) is 3.21. The van der Waals surface area contributed by atoms with E-state index in [1.807, 2.05) is 60.7 Å². The molecule has 0 atom stereocenters. The number of ether oxygens (including phenoxy) is 1. The standard InChI is InChI=1S/C26H26O/c1-7-19-13-15-21(25(11-5)23(19)9-3)17-27-18-22-16-14-20(8-2)24(10-4)26(22)12-6/h7-16H,1-6,17-18H2. The maximum Gasteiger partial charge on any atom is 0.0727 e. The zero-order valence-corrected chi connectivity index (χ0v) is 15.8. The third-order valence-corrected chi connectivity index (χ3v) is 4.59. The summed E-state index contributed by atoms with van der Waals surface area (Å²) in [6.07, 6.45) is 11.0. The van der Waals surface area contributed by atoms with E-state index in [0.717, 1.165) is 44.5 Å². The lowest BCUT2D eigenvalue weighted by Gasteiger charge is -2.15. The Morgan fingerprint density at radius 1 is 0.519 bits per heavy atom. The average Bonchev–Trinajstić information content (AvgIpc) is 2.72. The molecule has 0 aliphatic rings. The number of hydrogen-bond donors (Lipinski definition) is 0. The van der Waals surface area contributed by atoms with Crippen LogP contribution in [0, 0.1) is 0 Å². The molecule has 0 aromatic heterocycles. The largest absolute Gasteiger partial charge is 0.372 e. The van der Waals surface area contributed by atoms with Crippen molar-refractivity contribution in [1.82, 2.24) is 0 Å². The minimum absolute atomic E-state index is 0.475. The van der Waals surface area contributed by atoms with Crippen molar-refractivity contribution in [3.8, 4) is 0 Å². The Labute approximate surface area is 163 Å². The van der Waals surface area contributed by atoms with E-state index in [0.29, 0.717) is 13.2 Å². The van der Waals surface area contributed by atoms with Crippen LogP contribution >= 0.6 is 0 Å². The molecule has 0 aliphatic carbocycles. The summed E-state index contributed by atoms with van der Waals surface area (Å²) in [4.78, 5) is 0. The monoisotopic (exact) mass is 354 g/mol. The summed E-state index contributed by atoms with van der Waals surface area (Å²) >= 11 is 0. The lowest BCUT2D eigenvalue weighted by atomic mass is 9.95. The molecule has 0 unspecified atom stereocenters. The molecule has 2 aromatic rings. The van der Waals surface area contributed by atoms with Gasteiger partial charge in [0.15, 0.2) is 0 Å². The molecule has 0 fully saturated rings. The van der Waals surface area contributed by atoms with Crippen LogP contribution < -0.4 is 0 Å². The molecular formula is C26H26O. The molecule has 2 aromatic carbocycles. The second-order valence-corrected chi connectivity index (χ2v) is 6.00. The summed E-state index contributed by atoms with van der Waals surface area (Å²) in [6.45, 7) is 24.4. The van der Waals surface area contributed by atoms with E-state index >= 15 is 0 Å². The van der Waals surface area contributed by atoms with E-state index in [9.17, 15) is 0 Å². The molecule has 1 nitrogen and oxygen atoms in total. The lowest BCUT2D eigenvalue weighted by molar-refractivity contribution is 0.107. The Morgan fingerprint density at radius 3 is 1.19 bits per heavy atom. The molecule has 0 bridgehead atoms. The second-order valence-electron chi connectivity index (χ2n) is 6.00. The molecular weight excluding hydrogens is 328 g/mol. The van der Waals surface area contributed by atoms with E-state index in [-0.39, 0.29) is 0 Å². The van der Waals surface area contributed by atoms with Gasteiger partial charge in [0.1, 0.15) is 0 Å². The fraction of sp³-hybridized carbons (Fsp3) is 0.0769. The van der Waals surface area contributed by atoms with Gasteiger partial charge < -0.3 is 4.74 Å². The summed E-state index contributed by atoms with van der Waals surface area (Å²) in [6, 6.07) is 8.15. The van der Waals surface area contributed by atoms with Crippen LogP contribution in [0.5, 0.6) is 0 Å². The molecule has 0 saturated carbocycles. The van der Waals surface area contributed by atoms with Gasteiger partial charge in [-0.15, -0.1) is 0 Å². The van der Waals surface area contributed by atoms with Crippen LogP contribution in [-0.2, 0) is 18.0 Å². The zero-order valence-electron chi connectivity index (χ0n) is 15.8. The second kappa shape index (κ2) is 9.51. The molecule has 0 saturated heterocycles. The third-order valence-electron chi connectivity index (χ3n) is 4.59. The topological polar surface area (TPSA) is 9.23 Å². The number of hydrogen-bond acceptors (Lipinski definition) is 1. The molecule has 0 radical (unpaired) electrons. The molecule has 0 heterocycles. The van der Waals surface area contributed by atoms with Gasteiger partial charge in [0.25, 0.3) is 0 Å². The highest BCUT2D eigenvalue weighted by Gasteiger charge is 2.10. The minimum Gasteiger partial charge on any atom is -0.372 e. The van der Waals surface area contributed by atoms with Gasteiger partial charge in [-0.25, -0.2) is 0 Å². The minimum atomic E-state index is 0.475. The molecule has 136 valence electrons. The van der Waals surface area contributed by atoms with Crippen molar-refractivity contribution in [2.75, 3.05) is 0 Å². The molecule has 0 amide bonds. The van der Waals surface area contributed by atoms with Gasteiger partial charge in [0, 0.05) is 0 Å². The summed E-state index contributed by atoms with van der Waals surface area (Å²) in [5, 5.41) is 0. The van der Waals surface area contributed by atoms with Crippen LogP contribution in [0.1, 0.15) is 44.5 Å². The van der Waals surface area contributed by atoms with E-state index in [4.69, 9.17) is 4.74 Å². The highest BCUT2D eigenvalue weighted by molar-refractivity contribution is 5.75. The highest BCUT2D eigenvalue weighted by atomic mass is 16.5. The van der Waals surface area contributed by atoms with Crippen molar-refractivity contribution in [1.29, 1.82) is 0 Å². The number of rotatable bonds is 10. The Balaban J connectivity index is 2.27. The van der Waals surface area contributed by atoms with E-state index < -0.39 is 0 Å². The molecule has 0 spiro atoms. The van der Waals surface area contributed by atoms with Crippen molar-refractivity contribution < 1.29 is 4.74 Å². The maximum atomic E-state index is 6.02. The molecule has 27 heavy (non-hydrogen) atoms.